The van der Waals surface area contributed by atoms with E-state index < -0.39 is 23.4 Å². The van der Waals surface area contributed by atoms with Crippen molar-refractivity contribution in [2.45, 2.75) is 0 Å². The van der Waals surface area contributed by atoms with Crippen molar-refractivity contribution in [3.63, 3.8) is 0 Å². The fourth-order valence-corrected chi connectivity index (χ4v) is 1.36. The summed E-state index contributed by atoms with van der Waals surface area (Å²) in [5.41, 5.74) is 4.37. The van der Waals surface area contributed by atoms with E-state index in [0.717, 1.165) is 18.2 Å². The Kier molecular flexibility index (Phi) is 3.56. The first kappa shape index (κ1) is 12.7. The Morgan fingerprint density at radius 1 is 1.00 bits per heavy atom. The van der Waals surface area contributed by atoms with Crippen molar-refractivity contribution in [2.24, 2.45) is 0 Å². The highest BCUT2D eigenvalue weighted by molar-refractivity contribution is 5.98. The molecule has 0 atom stereocenters. The van der Waals surface area contributed by atoms with Gasteiger partial charge in [0.25, 0.3) is 11.8 Å². The fourth-order valence-electron chi connectivity index (χ4n) is 1.36. The van der Waals surface area contributed by atoms with Gasteiger partial charge in [0.2, 0.25) is 0 Å². The van der Waals surface area contributed by atoms with E-state index in [2.05, 4.69) is 15.8 Å². The summed E-state index contributed by atoms with van der Waals surface area (Å²) in [5, 5.41) is 0. The van der Waals surface area contributed by atoms with Gasteiger partial charge in [0.05, 0.1) is 0 Å². The second-order valence-corrected chi connectivity index (χ2v) is 3.62. The van der Waals surface area contributed by atoms with E-state index in [9.17, 15) is 18.4 Å². The molecule has 1 aromatic heterocycles. The Bertz CT molecular complexity index is 611. The second kappa shape index (κ2) is 5.30. The molecule has 0 saturated carbocycles. The highest BCUT2D eigenvalue weighted by Crippen LogP contribution is 2.08. The van der Waals surface area contributed by atoms with Crippen molar-refractivity contribution in [2.75, 3.05) is 0 Å². The van der Waals surface area contributed by atoms with Crippen LogP contribution in [0.4, 0.5) is 8.78 Å². The van der Waals surface area contributed by atoms with Crippen LogP contribution in [0.5, 0.6) is 0 Å². The number of hydrogen-bond donors (Lipinski definition) is 3. The lowest BCUT2D eigenvalue weighted by Crippen LogP contribution is -2.41. The normalized spacial score (nSPS) is 10.0. The van der Waals surface area contributed by atoms with Gasteiger partial charge in [0.15, 0.2) is 11.6 Å². The van der Waals surface area contributed by atoms with Crippen molar-refractivity contribution >= 4 is 11.8 Å². The highest BCUT2D eigenvalue weighted by atomic mass is 19.2. The zero-order valence-electron chi connectivity index (χ0n) is 9.54. The molecule has 3 N–H and O–H groups in total. The van der Waals surface area contributed by atoms with Gasteiger partial charge >= 0.3 is 0 Å². The molecule has 2 amide bonds. The molecule has 1 heterocycles. The third-order valence-corrected chi connectivity index (χ3v) is 2.31. The Morgan fingerprint density at radius 2 is 1.74 bits per heavy atom. The number of rotatable bonds is 2. The highest BCUT2D eigenvalue weighted by Gasteiger charge is 2.11. The number of carbonyl (C=O) groups excluding carboxylic acids is 2. The van der Waals surface area contributed by atoms with E-state index in [-0.39, 0.29) is 11.3 Å². The topological polar surface area (TPSA) is 74.0 Å². The van der Waals surface area contributed by atoms with Gasteiger partial charge in [-0.2, -0.15) is 0 Å². The fraction of sp³-hybridized carbons (Fsp3) is 0. The van der Waals surface area contributed by atoms with Crippen LogP contribution in [0.3, 0.4) is 0 Å². The third kappa shape index (κ3) is 2.95. The van der Waals surface area contributed by atoms with Crippen LogP contribution >= 0.6 is 0 Å². The number of halogens is 2. The van der Waals surface area contributed by atoms with Crippen molar-refractivity contribution < 1.29 is 18.4 Å². The van der Waals surface area contributed by atoms with E-state index in [1.807, 2.05) is 0 Å². The zero-order valence-corrected chi connectivity index (χ0v) is 9.54. The van der Waals surface area contributed by atoms with Gasteiger partial charge in [0, 0.05) is 11.8 Å². The lowest BCUT2D eigenvalue weighted by molar-refractivity contribution is 0.0844. The summed E-state index contributed by atoms with van der Waals surface area (Å²) in [4.78, 5) is 25.7. The Balaban J connectivity index is 1.98. The number of nitrogens with one attached hydrogen (secondary N) is 3. The molecular weight excluding hydrogens is 256 g/mol. The molecule has 0 aliphatic heterocycles. The smallest absolute Gasteiger partial charge is 0.286 e. The lowest BCUT2D eigenvalue weighted by atomic mass is 10.2. The van der Waals surface area contributed by atoms with Crippen LogP contribution in [0.25, 0.3) is 0 Å². The Labute approximate surface area is 106 Å². The molecule has 0 radical (unpaired) electrons. The molecule has 5 nitrogen and oxygen atoms in total. The number of benzene rings is 1. The Hall–Kier alpha value is -2.70. The van der Waals surface area contributed by atoms with Crippen LogP contribution < -0.4 is 10.9 Å². The molecule has 0 fully saturated rings. The summed E-state index contributed by atoms with van der Waals surface area (Å²) in [5.74, 6) is -3.49. The number of aromatic amines is 1. The standard InChI is InChI=1S/C12H9F2N3O2/c13-8-4-3-7(6-9(8)14)11(18)16-17-12(19)10-2-1-5-15-10/h1-6,15H,(H,16,18)(H,17,19). The molecule has 0 saturated heterocycles. The molecule has 1 aromatic carbocycles. The number of carbonyl (C=O) groups is 2. The minimum atomic E-state index is -1.14. The summed E-state index contributed by atoms with van der Waals surface area (Å²) in [6.45, 7) is 0. The molecule has 2 rings (SSSR count). The first-order valence-corrected chi connectivity index (χ1v) is 5.27. The Morgan fingerprint density at radius 3 is 2.37 bits per heavy atom. The molecule has 0 aliphatic carbocycles. The van der Waals surface area contributed by atoms with Gasteiger partial charge in [-0.15, -0.1) is 0 Å². The van der Waals surface area contributed by atoms with Crippen LogP contribution in [0.1, 0.15) is 20.8 Å². The van der Waals surface area contributed by atoms with Gasteiger partial charge in [0.1, 0.15) is 5.69 Å². The number of aromatic nitrogens is 1. The molecule has 2 aromatic rings. The number of hydrogen-bond acceptors (Lipinski definition) is 2. The summed E-state index contributed by atoms with van der Waals surface area (Å²) >= 11 is 0. The average Bonchev–Trinajstić information content (AvgIpc) is 2.92. The molecule has 0 unspecified atom stereocenters. The van der Waals surface area contributed by atoms with Crippen LogP contribution in [0.2, 0.25) is 0 Å². The maximum Gasteiger partial charge on any atom is 0.286 e. The van der Waals surface area contributed by atoms with Crippen LogP contribution in [0.15, 0.2) is 36.5 Å². The summed E-state index contributed by atoms with van der Waals surface area (Å²) in [6.07, 6.45) is 1.55. The maximum atomic E-state index is 12.9. The van der Waals surface area contributed by atoms with Gasteiger partial charge in [-0.3, -0.25) is 20.4 Å². The van der Waals surface area contributed by atoms with Gasteiger partial charge in [-0.1, -0.05) is 0 Å². The molecule has 7 heteroatoms. The van der Waals surface area contributed by atoms with Crippen molar-refractivity contribution in [3.8, 4) is 0 Å². The summed E-state index contributed by atoms with van der Waals surface area (Å²) in [7, 11) is 0. The molecule has 0 spiro atoms. The van der Waals surface area contributed by atoms with Gasteiger partial charge in [-0.05, 0) is 30.3 Å². The zero-order chi connectivity index (χ0) is 13.8. The van der Waals surface area contributed by atoms with Crippen LogP contribution in [-0.2, 0) is 0 Å². The minimum Gasteiger partial charge on any atom is -0.357 e. The monoisotopic (exact) mass is 265 g/mol. The molecule has 0 bridgehead atoms. The summed E-state index contributed by atoms with van der Waals surface area (Å²) in [6, 6.07) is 5.81. The van der Waals surface area contributed by atoms with E-state index in [1.165, 1.54) is 6.07 Å². The predicted molar refractivity (Wildman–Crippen MR) is 62.1 cm³/mol. The summed E-state index contributed by atoms with van der Waals surface area (Å²) < 4.78 is 25.6. The van der Waals surface area contributed by atoms with E-state index in [0.29, 0.717) is 0 Å². The van der Waals surface area contributed by atoms with E-state index in [4.69, 9.17) is 0 Å². The lowest BCUT2D eigenvalue weighted by Gasteiger charge is -2.06. The maximum absolute atomic E-state index is 12.9. The molecular formula is C12H9F2N3O2. The van der Waals surface area contributed by atoms with Crippen molar-refractivity contribution in [1.29, 1.82) is 0 Å². The SMILES string of the molecule is O=C(NNC(=O)c1ccc[nH]1)c1ccc(F)c(F)c1. The first-order chi connectivity index (χ1) is 9.08. The third-order valence-electron chi connectivity index (χ3n) is 2.31. The van der Waals surface area contributed by atoms with Gasteiger partial charge < -0.3 is 4.98 Å². The molecule has 98 valence electrons. The second-order valence-electron chi connectivity index (χ2n) is 3.62. The van der Waals surface area contributed by atoms with Crippen molar-refractivity contribution in [3.05, 3.63) is 59.4 Å². The van der Waals surface area contributed by atoms with Crippen molar-refractivity contribution in [1.82, 2.24) is 15.8 Å². The largest absolute Gasteiger partial charge is 0.357 e. The van der Waals surface area contributed by atoms with Gasteiger partial charge in [-0.25, -0.2) is 8.78 Å². The number of hydrazine groups is 1. The minimum absolute atomic E-state index is 0.106. The van der Waals surface area contributed by atoms with E-state index >= 15 is 0 Å². The number of H-pyrrole nitrogens is 1. The number of amides is 2. The molecule has 0 aliphatic rings. The van der Waals surface area contributed by atoms with Crippen LogP contribution in [0, 0.1) is 11.6 Å². The molecule has 19 heavy (non-hydrogen) atoms. The van der Waals surface area contributed by atoms with E-state index in [1.54, 1.807) is 12.3 Å². The predicted octanol–water partition coefficient (Wildman–Crippen LogP) is 1.37. The average molecular weight is 265 g/mol. The quantitative estimate of drug-likeness (QED) is 0.717. The first-order valence-electron chi connectivity index (χ1n) is 5.27. The van der Waals surface area contributed by atoms with Crippen LogP contribution in [-0.4, -0.2) is 16.8 Å².